The largest absolute Gasteiger partial charge is 0.497 e. The zero-order valence-electron chi connectivity index (χ0n) is 15.3. The van der Waals surface area contributed by atoms with Gasteiger partial charge in [-0.2, -0.15) is 5.26 Å². The Morgan fingerprint density at radius 2 is 1.70 bits per heavy atom. The molecule has 2 aromatic carbocycles. The van der Waals surface area contributed by atoms with Crippen molar-refractivity contribution < 1.29 is 9.47 Å². The SMILES string of the molecule is COc1ccc(C(C#N)CCCc2cccc(Oc3ccccc3)n2)cc1. The molecule has 0 radical (unpaired) electrons. The molecule has 0 amide bonds. The number of aromatic nitrogens is 1. The molecule has 1 aromatic heterocycles. The molecule has 0 spiro atoms. The van der Waals surface area contributed by atoms with Crippen LogP contribution in [0.4, 0.5) is 0 Å². The number of nitriles is 1. The van der Waals surface area contributed by atoms with E-state index in [9.17, 15) is 5.26 Å². The minimum Gasteiger partial charge on any atom is -0.497 e. The Bertz CT molecular complexity index is 886. The number of pyridine rings is 1. The van der Waals surface area contributed by atoms with Gasteiger partial charge >= 0.3 is 0 Å². The number of ether oxygens (including phenoxy) is 2. The molecule has 0 saturated carbocycles. The van der Waals surface area contributed by atoms with Gasteiger partial charge in [-0.25, -0.2) is 4.98 Å². The first-order chi connectivity index (χ1) is 13.3. The van der Waals surface area contributed by atoms with E-state index in [1.54, 1.807) is 7.11 Å². The van der Waals surface area contributed by atoms with E-state index in [1.165, 1.54) is 0 Å². The average molecular weight is 358 g/mol. The minimum absolute atomic E-state index is 0.125. The molecule has 0 aliphatic rings. The zero-order chi connectivity index (χ0) is 18.9. The number of hydrogen-bond acceptors (Lipinski definition) is 4. The van der Waals surface area contributed by atoms with E-state index in [4.69, 9.17) is 9.47 Å². The number of hydrogen-bond donors (Lipinski definition) is 0. The van der Waals surface area contributed by atoms with Crippen molar-refractivity contribution >= 4 is 0 Å². The maximum absolute atomic E-state index is 9.49. The van der Waals surface area contributed by atoms with Gasteiger partial charge in [0.15, 0.2) is 0 Å². The number of para-hydroxylation sites is 1. The van der Waals surface area contributed by atoms with Crippen LogP contribution in [0.2, 0.25) is 0 Å². The van der Waals surface area contributed by atoms with Crippen molar-refractivity contribution in [3.05, 3.63) is 84.1 Å². The summed E-state index contributed by atoms with van der Waals surface area (Å²) in [6.45, 7) is 0. The molecule has 0 aliphatic heterocycles. The van der Waals surface area contributed by atoms with Gasteiger partial charge in [-0.15, -0.1) is 0 Å². The topological polar surface area (TPSA) is 55.1 Å². The fourth-order valence-corrected chi connectivity index (χ4v) is 2.89. The third kappa shape index (κ3) is 5.32. The lowest BCUT2D eigenvalue weighted by Crippen LogP contribution is -1.99. The van der Waals surface area contributed by atoms with Gasteiger partial charge in [0.2, 0.25) is 5.88 Å². The Balaban J connectivity index is 1.56. The third-order valence-corrected chi connectivity index (χ3v) is 4.35. The number of rotatable bonds is 8. The van der Waals surface area contributed by atoms with E-state index in [-0.39, 0.29) is 5.92 Å². The summed E-state index contributed by atoms with van der Waals surface area (Å²) >= 11 is 0. The predicted molar refractivity (Wildman–Crippen MR) is 105 cm³/mol. The van der Waals surface area contributed by atoms with Gasteiger partial charge in [-0.3, -0.25) is 0 Å². The molecule has 0 N–H and O–H groups in total. The van der Waals surface area contributed by atoms with Crippen LogP contribution < -0.4 is 9.47 Å². The molecule has 0 bridgehead atoms. The normalized spacial score (nSPS) is 11.4. The van der Waals surface area contributed by atoms with Crippen molar-refractivity contribution in [2.24, 2.45) is 0 Å². The van der Waals surface area contributed by atoms with E-state index in [0.29, 0.717) is 5.88 Å². The Kier molecular flexibility index (Phi) is 6.43. The average Bonchev–Trinajstić information content (AvgIpc) is 2.72. The summed E-state index contributed by atoms with van der Waals surface area (Å²) in [6.07, 6.45) is 2.47. The van der Waals surface area contributed by atoms with E-state index >= 15 is 0 Å². The van der Waals surface area contributed by atoms with Gasteiger partial charge in [-0.05, 0) is 55.2 Å². The van der Waals surface area contributed by atoms with E-state index < -0.39 is 0 Å². The highest BCUT2D eigenvalue weighted by Gasteiger charge is 2.11. The Morgan fingerprint density at radius 3 is 2.41 bits per heavy atom. The summed E-state index contributed by atoms with van der Waals surface area (Å²) in [6, 6.07) is 25.5. The first-order valence-electron chi connectivity index (χ1n) is 9.01. The van der Waals surface area contributed by atoms with Crippen LogP contribution in [-0.2, 0) is 6.42 Å². The molecule has 0 saturated heterocycles. The molecule has 27 heavy (non-hydrogen) atoms. The van der Waals surface area contributed by atoms with Crippen molar-refractivity contribution in [1.82, 2.24) is 4.98 Å². The van der Waals surface area contributed by atoms with E-state index in [0.717, 1.165) is 42.0 Å². The first-order valence-corrected chi connectivity index (χ1v) is 9.01. The molecule has 0 fully saturated rings. The highest BCUT2D eigenvalue weighted by molar-refractivity contribution is 5.32. The fourth-order valence-electron chi connectivity index (χ4n) is 2.89. The van der Waals surface area contributed by atoms with Gasteiger partial charge in [0.25, 0.3) is 0 Å². The predicted octanol–water partition coefficient (Wildman–Crippen LogP) is 5.51. The summed E-state index contributed by atoms with van der Waals surface area (Å²) in [5, 5.41) is 9.49. The molecular formula is C23H22N2O2. The van der Waals surface area contributed by atoms with E-state index in [1.807, 2.05) is 72.8 Å². The standard InChI is InChI=1S/C23H22N2O2/c1-26-21-15-13-18(14-16-21)19(17-24)7-5-8-20-9-6-12-23(25-20)27-22-10-3-2-4-11-22/h2-4,6,9-16,19H,5,7-8H2,1H3. The summed E-state index contributed by atoms with van der Waals surface area (Å²) < 4.78 is 11.0. The first kappa shape index (κ1) is 18.5. The third-order valence-electron chi connectivity index (χ3n) is 4.35. The highest BCUT2D eigenvalue weighted by atomic mass is 16.5. The van der Waals surface area contributed by atoms with Gasteiger partial charge in [0, 0.05) is 11.8 Å². The number of methoxy groups -OCH3 is 1. The lowest BCUT2D eigenvalue weighted by atomic mass is 9.94. The molecular weight excluding hydrogens is 336 g/mol. The maximum Gasteiger partial charge on any atom is 0.219 e. The highest BCUT2D eigenvalue weighted by Crippen LogP contribution is 2.24. The van der Waals surface area contributed by atoms with Crippen LogP contribution in [-0.4, -0.2) is 12.1 Å². The van der Waals surface area contributed by atoms with Gasteiger partial charge in [0.1, 0.15) is 11.5 Å². The lowest BCUT2D eigenvalue weighted by molar-refractivity contribution is 0.414. The Morgan fingerprint density at radius 1 is 0.926 bits per heavy atom. The monoisotopic (exact) mass is 358 g/mol. The van der Waals surface area contributed by atoms with Crippen LogP contribution >= 0.6 is 0 Å². The smallest absolute Gasteiger partial charge is 0.219 e. The van der Waals surface area contributed by atoms with Crippen LogP contribution in [0.1, 0.15) is 30.0 Å². The van der Waals surface area contributed by atoms with Crippen LogP contribution in [0, 0.1) is 11.3 Å². The Hall–Kier alpha value is -3.32. The van der Waals surface area contributed by atoms with Crippen molar-refractivity contribution in [1.29, 1.82) is 5.26 Å². The summed E-state index contributed by atoms with van der Waals surface area (Å²) in [5.74, 6) is 2.03. The second-order valence-corrected chi connectivity index (χ2v) is 6.23. The molecule has 1 atom stereocenters. The van der Waals surface area contributed by atoms with Gasteiger partial charge in [-0.1, -0.05) is 36.4 Å². The maximum atomic E-state index is 9.49. The van der Waals surface area contributed by atoms with Crippen LogP contribution in [0.3, 0.4) is 0 Å². The molecule has 1 unspecified atom stereocenters. The quantitative estimate of drug-likeness (QED) is 0.532. The molecule has 3 aromatic rings. The number of aryl methyl sites for hydroxylation is 1. The second kappa shape index (κ2) is 9.40. The Labute approximate surface area is 160 Å². The van der Waals surface area contributed by atoms with Crippen LogP contribution in [0.15, 0.2) is 72.8 Å². The molecule has 1 heterocycles. The molecule has 4 heteroatoms. The minimum atomic E-state index is -0.125. The van der Waals surface area contributed by atoms with Crippen molar-refractivity contribution in [2.45, 2.75) is 25.2 Å². The van der Waals surface area contributed by atoms with Gasteiger partial charge in [0.05, 0.1) is 19.1 Å². The number of nitrogens with zero attached hydrogens (tertiary/aromatic N) is 2. The molecule has 3 rings (SSSR count). The fraction of sp³-hybridized carbons (Fsp3) is 0.217. The van der Waals surface area contributed by atoms with E-state index in [2.05, 4.69) is 11.1 Å². The molecule has 136 valence electrons. The summed E-state index contributed by atoms with van der Waals surface area (Å²) in [5.41, 5.74) is 1.99. The molecule has 0 aliphatic carbocycles. The van der Waals surface area contributed by atoms with Crippen LogP contribution in [0.25, 0.3) is 0 Å². The van der Waals surface area contributed by atoms with Crippen molar-refractivity contribution in [3.8, 4) is 23.4 Å². The lowest BCUT2D eigenvalue weighted by Gasteiger charge is -2.10. The molecule has 4 nitrogen and oxygen atoms in total. The van der Waals surface area contributed by atoms with Crippen LogP contribution in [0.5, 0.6) is 17.4 Å². The van der Waals surface area contributed by atoms with Gasteiger partial charge < -0.3 is 9.47 Å². The van der Waals surface area contributed by atoms with Crippen molar-refractivity contribution in [2.75, 3.05) is 7.11 Å². The zero-order valence-corrected chi connectivity index (χ0v) is 15.3. The summed E-state index contributed by atoms with van der Waals surface area (Å²) in [7, 11) is 1.64. The van der Waals surface area contributed by atoms with Crippen molar-refractivity contribution in [3.63, 3.8) is 0 Å². The summed E-state index contributed by atoms with van der Waals surface area (Å²) in [4.78, 5) is 4.56. The second-order valence-electron chi connectivity index (χ2n) is 6.23. The number of benzene rings is 2.